The van der Waals surface area contributed by atoms with E-state index in [1.54, 1.807) is 0 Å². The molecule has 0 heterocycles. The summed E-state index contributed by atoms with van der Waals surface area (Å²) in [5, 5.41) is 0. The van der Waals surface area contributed by atoms with Crippen LogP contribution in [0.1, 0.15) is 65.2 Å². The molecule has 0 saturated heterocycles. The molecule has 0 aromatic heterocycles. The van der Waals surface area contributed by atoms with Crippen molar-refractivity contribution in [2.45, 2.75) is 77.4 Å². The Bertz CT molecular complexity index is 247. The van der Waals surface area contributed by atoms with Gasteiger partial charge in [-0.05, 0) is 25.7 Å². The van der Waals surface area contributed by atoms with Gasteiger partial charge in [0, 0.05) is 13.8 Å². The van der Waals surface area contributed by atoms with E-state index in [-0.39, 0.29) is 24.1 Å². The second-order valence-corrected chi connectivity index (χ2v) is 4.99. The molecule has 0 radical (unpaired) electrons. The van der Waals surface area contributed by atoms with Gasteiger partial charge in [-0.15, -0.1) is 0 Å². The molecule has 1 aliphatic carbocycles. The Morgan fingerprint density at radius 2 is 1.06 bits per heavy atom. The zero-order valence-corrected chi connectivity index (χ0v) is 11.4. The van der Waals surface area contributed by atoms with Crippen molar-refractivity contribution in [3.8, 4) is 0 Å². The number of esters is 2. The number of rotatable bonds is 2. The summed E-state index contributed by atoms with van der Waals surface area (Å²) < 4.78 is 10.6. The summed E-state index contributed by atoms with van der Waals surface area (Å²) in [6.45, 7) is 2.81. The second-order valence-electron chi connectivity index (χ2n) is 4.99. The molecule has 0 aromatic rings. The normalized spacial score (nSPS) is 26.1. The minimum absolute atomic E-state index is 0.274. The number of hydrogen-bond donors (Lipinski definition) is 0. The highest BCUT2D eigenvalue weighted by molar-refractivity contribution is 5.67. The van der Waals surface area contributed by atoms with E-state index in [2.05, 4.69) is 0 Å². The van der Waals surface area contributed by atoms with Gasteiger partial charge in [0.05, 0.1) is 0 Å². The van der Waals surface area contributed by atoms with Crippen LogP contribution in [0, 0.1) is 0 Å². The Morgan fingerprint density at radius 3 is 1.39 bits per heavy atom. The van der Waals surface area contributed by atoms with Crippen molar-refractivity contribution in [2.75, 3.05) is 0 Å². The van der Waals surface area contributed by atoms with Crippen LogP contribution in [0.3, 0.4) is 0 Å². The predicted molar refractivity (Wildman–Crippen MR) is 68.0 cm³/mol. The summed E-state index contributed by atoms with van der Waals surface area (Å²) >= 11 is 0. The van der Waals surface area contributed by atoms with Gasteiger partial charge in [-0.25, -0.2) is 0 Å². The lowest BCUT2D eigenvalue weighted by Gasteiger charge is -2.27. The Balaban J connectivity index is 2.64. The van der Waals surface area contributed by atoms with Crippen molar-refractivity contribution in [3.63, 3.8) is 0 Å². The molecule has 104 valence electrons. The smallest absolute Gasteiger partial charge is 0.303 e. The Kier molecular flexibility index (Phi) is 6.76. The molecule has 0 spiro atoms. The number of carbonyl (C=O) groups excluding carboxylic acids is 2. The third-order valence-corrected chi connectivity index (χ3v) is 3.28. The van der Waals surface area contributed by atoms with Gasteiger partial charge in [0.2, 0.25) is 0 Å². The van der Waals surface area contributed by atoms with Gasteiger partial charge in [0.25, 0.3) is 0 Å². The minimum atomic E-state index is -0.297. The van der Waals surface area contributed by atoms with E-state index in [0.717, 1.165) is 38.5 Å². The summed E-state index contributed by atoms with van der Waals surface area (Å²) in [6.07, 6.45) is 7.88. The third-order valence-electron chi connectivity index (χ3n) is 3.28. The maximum absolute atomic E-state index is 11.1. The molecule has 1 rings (SSSR count). The zero-order valence-electron chi connectivity index (χ0n) is 11.4. The summed E-state index contributed by atoms with van der Waals surface area (Å²) in [7, 11) is 0. The van der Waals surface area contributed by atoms with Gasteiger partial charge in [-0.3, -0.25) is 9.59 Å². The van der Waals surface area contributed by atoms with Crippen LogP contribution in [0.4, 0.5) is 0 Å². The van der Waals surface area contributed by atoms with Crippen molar-refractivity contribution in [1.29, 1.82) is 0 Å². The Labute approximate surface area is 109 Å². The fourth-order valence-corrected chi connectivity index (χ4v) is 2.47. The van der Waals surface area contributed by atoms with Crippen LogP contribution in [0.15, 0.2) is 0 Å². The van der Waals surface area contributed by atoms with Crippen LogP contribution < -0.4 is 0 Å². The highest BCUT2D eigenvalue weighted by Gasteiger charge is 2.26. The lowest BCUT2D eigenvalue weighted by atomic mass is 9.97. The van der Waals surface area contributed by atoms with Gasteiger partial charge in [-0.2, -0.15) is 0 Å². The summed E-state index contributed by atoms with van der Waals surface area (Å²) in [5.41, 5.74) is 0. The first-order valence-electron chi connectivity index (χ1n) is 6.94. The molecule has 1 fully saturated rings. The largest absolute Gasteiger partial charge is 0.459 e. The molecule has 4 nitrogen and oxygen atoms in total. The average molecular weight is 256 g/mol. The van der Waals surface area contributed by atoms with Crippen molar-refractivity contribution in [3.05, 3.63) is 0 Å². The van der Waals surface area contributed by atoms with Gasteiger partial charge in [-0.1, -0.05) is 25.7 Å². The van der Waals surface area contributed by atoms with Crippen LogP contribution in [-0.4, -0.2) is 24.1 Å². The molecular weight excluding hydrogens is 232 g/mol. The second kappa shape index (κ2) is 8.11. The number of hydrogen-bond acceptors (Lipinski definition) is 4. The first kappa shape index (κ1) is 15.0. The van der Waals surface area contributed by atoms with Crippen molar-refractivity contribution in [2.24, 2.45) is 0 Å². The quantitative estimate of drug-likeness (QED) is 0.713. The first-order valence-corrected chi connectivity index (χ1v) is 6.94. The zero-order chi connectivity index (χ0) is 13.4. The molecule has 0 aromatic carbocycles. The van der Waals surface area contributed by atoms with Gasteiger partial charge in [0.1, 0.15) is 12.2 Å². The molecule has 4 heteroatoms. The summed E-state index contributed by atoms with van der Waals surface area (Å²) in [6, 6.07) is 0. The number of carbonyl (C=O) groups is 2. The van der Waals surface area contributed by atoms with Gasteiger partial charge < -0.3 is 9.47 Å². The maximum atomic E-state index is 11.1. The fourth-order valence-electron chi connectivity index (χ4n) is 2.47. The highest BCUT2D eigenvalue weighted by atomic mass is 16.6. The van der Waals surface area contributed by atoms with E-state index in [4.69, 9.17) is 9.47 Å². The molecular formula is C14H24O4. The van der Waals surface area contributed by atoms with Crippen LogP contribution in [-0.2, 0) is 19.1 Å². The van der Waals surface area contributed by atoms with Crippen LogP contribution in [0.25, 0.3) is 0 Å². The van der Waals surface area contributed by atoms with E-state index >= 15 is 0 Å². The van der Waals surface area contributed by atoms with Gasteiger partial charge in [0.15, 0.2) is 0 Å². The summed E-state index contributed by atoms with van der Waals surface area (Å²) in [5.74, 6) is -0.594. The summed E-state index contributed by atoms with van der Waals surface area (Å²) in [4.78, 5) is 22.3. The molecule has 0 amide bonds. The minimum Gasteiger partial charge on any atom is -0.459 e. The Hall–Kier alpha value is -1.06. The molecule has 2 atom stereocenters. The SMILES string of the molecule is CC(=O)OC1CCCCCCCCC1OC(C)=O. The van der Waals surface area contributed by atoms with E-state index in [0.29, 0.717) is 0 Å². The molecule has 1 saturated carbocycles. The van der Waals surface area contributed by atoms with Crippen LogP contribution in [0.5, 0.6) is 0 Å². The van der Waals surface area contributed by atoms with Crippen LogP contribution >= 0.6 is 0 Å². The molecule has 0 bridgehead atoms. The first-order chi connectivity index (χ1) is 8.59. The average Bonchev–Trinajstić information content (AvgIpc) is 2.28. The standard InChI is InChI=1S/C14H24O4/c1-11(15)17-13-9-7-5-3-4-6-8-10-14(13)18-12(2)16/h13-14H,3-10H2,1-2H3. The third kappa shape index (κ3) is 6.03. The van der Waals surface area contributed by atoms with E-state index in [9.17, 15) is 9.59 Å². The van der Waals surface area contributed by atoms with E-state index in [1.807, 2.05) is 0 Å². The lowest BCUT2D eigenvalue weighted by Crippen LogP contribution is -2.34. The lowest BCUT2D eigenvalue weighted by molar-refractivity contribution is -0.166. The van der Waals surface area contributed by atoms with E-state index in [1.165, 1.54) is 26.7 Å². The predicted octanol–water partition coefficient (Wildman–Crippen LogP) is 2.98. The molecule has 2 unspecified atom stereocenters. The van der Waals surface area contributed by atoms with E-state index < -0.39 is 0 Å². The Morgan fingerprint density at radius 1 is 0.722 bits per heavy atom. The fraction of sp³-hybridized carbons (Fsp3) is 0.857. The maximum Gasteiger partial charge on any atom is 0.303 e. The van der Waals surface area contributed by atoms with Crippen molar-refractivity contribution < 1.29 is 19.1 Å². The monoisotopic (exact) mass is 256 g/mol. The number of ether oxygens (including phenoxy) is 2. The molecule has 0 N–H and O–H groups in total. The topological polar surface area (TPSA) is 52.6 Å². The van der Waals surface area contributed by atoms with Crippen LogP contribution in [0.2, 0.25) is 0 Å². The van der Waals surface area contributed by atoms with Crippen molar-refractivity contribution in [1.82, 2.24) is 0 Å². The molecule has 1 aliphatic rings. The molecule has 18 heavy (non-hydrogen) atoms. The van der Waals surface area contributed by atoms with Gasteiger partial charge >= 0.3 is 11.9 Å². The van der Waals surface area contributed by atoms with Crippen molar-refractivity contribution >= 4 is 11.9 Å². The molecule has 0 aliphatic heterocycles. The highest BCUT2D eigenvalue weighted by Crippen LogP contribution is 2.22.